The van der Waals surface area contributed by atoms with E-state index in [0.29, 0.717) is 5.75 Å². The highest BCUT2D eigenvalue weighted by Gasteiger charge is 2.25. The molecule has 1 aromatic rings. The van der Waals surface area contributed by atoms with E-state index in [4.69, 9.17) is 14.2 Å². The van der Waals surface area contributed by atoms with E-state index in [1.54, 1.807) is 34.8 Å². The smallest absolute Gasteiger partial charge is 0.408 e. The first-order valence-corrected chi connectivity index (χ1v) is 10.2. The largest absolute Gasteiger partial charge is 0.497 e. The topological polar surface area (TPSA) is 73.9 Å². The number of carbonyl (C=O) groups is 2. The SMILES string of the molecule is CCOC(=O)C(CSSc1ccc(OC)cc1)NC(=O)OC(C)(C)C. The molecule has 1 unspecified atom stereocenters. The van der Waals surface area contributed by atoms with Crippen LogP contribution in [0.5, 0.6) is 5.75 Å². The lowest BCUT2D eigenvalue weighted by atomic mass is 10.2. The molecular formula is C17H25NO5S2. The van der Waals surface area contributed by atoms with E-state index < -0.39 is 23.7 Å². The van der Waals surface area contributed by atoms with Gasteiger partial charge in [0.15, 0.2) is 0 Å². The van der Waals surface area contributed by atoms with E-state index in [0.717, 1.165) is 10.6 Å². The predicted molar refractivity (Wildman–Crippen MR) is 101 cm³/mol. The second-order valence-corrected chi connectivity index (χ2v) is 8.41. The van der Waals surface area contributed by atoms with Gasteiger partial charge in [0.2, 0.25) is 0 Å². The molecule has 1 rings (SSSR count). The zero-order chi connectivity index (χ0) is 18.9. The van der Waals surface area contributed by atoms with Crippen molar-refractivity contribution in [1.82, 2.24) is 5.32 Å². The Bertz CT molecular complexity index is 557. The van der Waals surface area contributed by atoms with Gasteiger partial charge < -0.3 is 19.5 Å². The molecule has 0 radical (unpaired) electrons. The minimum absolute atomic E-state index is 0.252. The van der Waals surface area contributed by atoms with Crippen molar-refractivity contribution in [3.8, 4) is 5.75 Å². The van der Waals surface area contributed by atoms with Crippen molar-refractivity contribution in [2.75, 3.05) is 19.5 Å². The van der Waals surface area contributed by atoms with Crippen LogP contribution in [0, 0.1) is 0 Å². The molecule has 0 aliphatic rings. The molecule has 0 saturated heterocycles. The molecule has 0 fully saturated rings. The summed E-state index contributed by atoms with van der Waals surface area (Å²) < 4.78 is 15.3. The minimum Gasteiger partial charge on any atom is -0.497 e. The van der Waals surface area contributed by atoms with E-state index in [2.05, 4.69) is 5.32 Å². The highest BCUT2D eigenvalue weighted by atomic mass is 33.1. The summed E-state index contributed by atoms with van der Waals surface area (Å²) in [4.78, 5) is 25.0. The van der Waals surface area contributed by atoms with E-state index in [1.165, 1.54) is 21.6 Å². The number of benzene rings is 1. The van der Waals surface area contributed by atoms with E-state index in [1.807, 2.05) is 24.3 Å². The molecule has 1 atom stereocenters. The first-order chi connectivity index (χ1) is 11.7. The molecule has 6 nitrogen and oxygen atoms in total. The van der Waals surface area contributed by atoms with Crippen molar-refractivity contribution in [3.63, 3.8) is 0 Å². The summed E-state index contributed by atoms with van der Waals surface area (Å²) in [5.41, 5.74) is -0.631. The summed E-state index contributed by atoms with van der Waals surface area (Å²) in [7, 11) is 4.57. The molecule has 1 aromatic carbocycles. The summed E-state index contributed by atoms with van der Waals surface area (Å²) in [6.07, 6.45) is -0.638. The fourth-order valence-electron chi connectivity index (χ4n) is 1.66. The van der Waals surface area contributed by atoms with Crippen LogP contribution < -0.4 is 10.1 Å². The van der Waals surface area contributed by atoms with Crippen LogP contribution in [-0.4, -0.2) is 43.2 Å². The molecular weight excluding hydrogens is 362 g/mol. The van der Waals surface area contributed by atoms with Gasteiger partial charge in [-0.2, -0.15) is 0 Å². The molecule has 0 aliphatic carbocycles. The number of ether oxygens (including phenoxy) is 3. The van der Waals surface area contributed by atoms with E-state index in [-0.39, 0.29) is 6.61 Å². The van der Waals surface area contributed by atoms with Gasteiger partial charge in [-0.15, -0.1) is 0 Å². The van der Waals surface area contributed by atoms with Gasteiger partial charge in [0.25, 0.3) is 0 Å². The van der Waals surface area contributed by atoms with Crippen molar-refractivity contribution in [2.45, 2.75) is 44.2 Å². The first kappa shape index (κ1) is 21.5. The molecule has 1 N–H and O–H groups in total. The van der Waals surface area contributed by atoms with Crippen molar-refractivity contribution in [3.05, 3.63) is 24.3 Å². The number of hydrogen-bond acceptors (Lipinski definition) is 7. The normalized spacial score (nSPS) is 12.2. The second-order valence-electron chi connectivity index (χ2n) is 5.99. The number of esters is 1. The van der Waals surface area contributed by atoms with E-state index in [9.17, 15) is 9.59 Å². The first-order valence-electron chi connectivity index (χ1n) is 7.85. The average molecular weight is 388 g/mol. The Hall–Kier alpha value is -1.54. The number of alkyl carbamates (subject to hydrolysis) is 1. The van der Waals surface area contributed by atoms with Crippen LogP contribution in [0.15, 0.2) is 29.2 Å². The van der Waals surface area contributed by atoms with Crippen LogP contribution in [0.2, 0.25) is 0 Å². The highest BCUT2D eigenvalue weighted by Crippen LogP contribution is 2.32. The number of carbonyl (C=O) groups excluding carboxylic acids is 2. The van der Waals surface area contributed by atoms with Crippen molar-refractivity contribution in [1.29, 1.82) is 0 Å². The Morgan fingerprint density at radius 1 is 1.20 bits per heavy atom. The van der Waals surface area contributed by atoms with Crippen molar-refractivity contribution < 1.29 is 23.8 Å². The zero-order valence-electron chi connectivity index (χ0n) is 15.2. The molecule has 25 heavy (non-hydrogen) atoms. The molecule has 1 amide bonds. The highest BCUT2D eigenvalue weighted by molar-refractivity contribution is 8.76. The van der Waals surface area contributed by atoms with Gasteiger partial charge in [0, 0.05) is 10.6 Å². The number of methoxy groups -OCH3 is 1. The van der Waals surface area contributed by atoms with Crippen LogP contribution in [0.25, 0.3) is 0 Å². The van der Waals surface area contributed by atoms with Crippen LogP contribution >= 0.6 is 21.6 Å². The van der Waals surface area contributed by atoms with Gasteiger partial charge in [0.05, 0.1) is 13.7 Å². The number of amides is 1. The fraction of sp³-hybridized carbons (Fsp3) is 0.529. The molecule has 0 heterocycles. The number of nitrogens with one attached hydrogen (secondary N) is 1. The van der Waals surface area contributed by atoms with Crippen LogP contribution in [0.3, 0.4) is 0 Å². The van der Waals surface area contributed by atoms with Gasteiger partial charge >= 0.3 is 12.1 Å². The maximum absolute atomic E-state index is 12.0. The quantitative estimate of drug-likeness (QED) is 0.536. The Kier molecular flexibility index (Phi) is 8.99. The molecule has 140 valence electrons. The van der Waals surface area contributed by atoms with Gasteiger partial charge in [0.1, 0.15) is 17.4 Å². The number of hydrogen-bond donors (Lipinski definition) is 1. The summed E-state index contributed by atoms with van der Waals surface area (Å²) in [5, 5.41) is 2.57. The van der Waals surface area contributed by atoms with Crippen LogP contribution in [0.1, 0.15) is 27.7 Å². The maximum atomic E-state index is 12.0. The third-order valence-corrected chi connectivity index (χ3v) is 5.10. The zero-order valence-corrected chi connectivity index (χ0v) is 16.8. The van der Waals surface area contributed by atoms with E-state index >= 15 is 0 Å². The second kappa shape index (κ2) is 10.5. The summed E-state index contributed by atoms with van der Waals surface area (Å²) in [5.74, 6) is 0.663. The van der Waals surface area contributed by atoms with Crippen molar-refractivity contribution in [2.24, 2.45) is 0 Å². The van der Waals surface area contributed by atoms with Gasteiger partial charge in [-0.05, 0) is 52.0 Å². The maximum Gasteiger partial charge on any atom is 0.408 e. The molecule has 0 bridgehead atoms. The lowest BCUT2D eigenvalue weighted by molar-refractivity contribution is -0.144. The van der Waals surface area contributed by atoms with Crippen molar-refractivity contribution >= 4 is 33.7 Å². The Morgan fingerprint density at radius 3 is 2.36 bits per heavy atom. The minimum atomic E-state index is -0.773. The molecule has 8 heteroatoms. The van der Waals surface area contributed by atoms with Gasteiger partial charge in [-0.25, -0.2) is 9.59 Å². The van der Waals surface area contributed by atoms with Crippen LogP contribution in [-0.2, 0) is 14.3 Å². The molecule has 0 spiro atoms. The Labute approximate surface area is 156 Å². The summed E-state index contributed by atoms with van der Waals surface area (Å²) >= 11 is 0. The third kappa shape index (κ3) is 8.92. The third-order valence-electron chi connectivity index (χ3n) is 2.71. The van der Waals surface area contributed by atoms with Gasteiger partial charge in [-0.1, -0.05) is 21.6 Å². The molecule has 0 aliphatic heterocycles. The summed E-state index contributed by atoms with van der Waals surface area (Å²) in [6.45, 7) is 7.27. The van der Waals surface area contributed by atoms with Gasteiger partial charge in [-0.3, -0.25) is 0 Å². The Balaban J connectivity index is 2.57. The number of rotatable bonds is 8. The predicted octanol–water partition coefficient (Wildman–Crippen LogP) is 3.89. The summed E-state index contributed by atoms with van der Waals surface area (Å²) in [6, 6.07) is 6.81. The monoisotopic (exact) mass is 387 g/mol. The molecule has 0 aromatic heterocycles. The Morgan fingerprint density at radius 2 is 1.84 bits per heavy atom. The van der Waals surface area contributed by atoms with Crippen LogP contribution in [0.4, 0.5) is 4.79 Å². The average Bonchev–Trinajstić information content (AvgIpc) is 2.53. The standard InChI is InChI=1S/C17H25NO5S2/c1-6-22-15(19)14(18-16(20)23-17(2,3)4)11-24-25-13-9-7-12(21-5)8-10-13/h7-10,14H,6,11H2,1-5H3,(H,18,20). The lowest BCUT2D eigenvalue weighted by Gasteiger charge is -2.22. The lowest BCUT2D eigenvalue weighted by Crippen LogP contribution is -2.45. The molecule has 0 saturated carbocycles. The fourth-order valence-corrected chi connectivity index (χ4v) is 3.82.